The second kappa shape index (κ2) is 14.6. The molecule has 0 aliphatic carbocycles. The molecule has 37 heteroatoms. The van der Waals surface area contributed by atoms with Crippen LogP contribution < -0.4 is 4.74 Å². The third-order valence-corrected chi connectivity index (χ3v) is 7.84. The maximum Gasteiger partial charge on any atom is 0.460 e. The van der Waals surface area contributed by atoms with Crippen molar-refractivity contribution in [2.45, 2.75) is 95.3 Å². The molecule has 1 aromatic rings. The van der Waals surface area contributed by atoms with E-state index in [9.17, 15) is 137 Å². The molecular formula is C25H8F34O3. The number of ether oxygens (including phenoxy) is 2. The van der Waals surface area contributed by atoms with E-state index in [0.717, 1.165) is 0 Å². The van der Waals surface area contributed by atoms with Crippen LogP contribution in [0.5, 0.6) is 5.75 Å². The van der Waals surface area contributed by atoms with E-state index in [-0.39, 0.29) is 7.11 Å². The summed E-state index contributed by atoms with van der Waals surface area (Å²) in [7, 11) is -0.671. The maximum absolute atomic E-state index is 15.2. The second-order valence-corrected chi connectivity index (χ2v) is 11.6. The summed E-state index contributed by atoms with van der Waals surface area (Å²) in [5, 5.41) is 0. The smallest absolute Gasteiger partial charge is 0.460 e. The summed E-state index contributed by atoms with van der Waals surface area (Å²) in [5.74, 6) is -133. The fourth-order valence-corrected chi connectivity index (χ4v) is 4.20. The number of carbonyl (C=O) groups excluding carboxylic acids is 1. The predicted octanol–water partition coefficient (Wildman–Crippen LogP) is 12.4. The lowest BCUT2D eigenvalue weighted by Crippen LogP contribution is -2.74. The Morgan fingerprint density at radius 1 is 0.355 bits per heavy atom. The number of rotatable bonds is 16. The van der Waals surface area contributed by atoms with Gasteiger partial charge < -0.3 is 9.47 Å². The summed E-state index contributed by atoms with van der Waals surface area (Å²) in [6, 6.07) is -4.06. The van der Waals surface area contributed by atoms with Gasteiger partial charge in [0.05, 0.1) is 19.8 Å². The number of benzene rings is 1. The Morgan fingerprint density at radius 3 is 0.839 bits per heavy atom. The highest BCUT2D eigenvalue weighted by atomic mass is 19.4. The van der Waals surface area contributed by atoms with Crippen molar-refractivity contribution in [3.05, 3.63) is 28.8 Å². The van der Waals surface area contributed by atoms with Crippen LogP contribution in [0.15, 0.2) is 12.1 Å². The van der Waals surface area contributed by atoms with Gasteiger partial charge in [-0.2, -0.15) is 149 Å². The van der Waals surface area contributed by atoms with Crippen molar-refractivity contribution < 1.29 is 164 Å². The monoisotopic (exact) mass is 1000 g/mol. The number of halogens is 34. The minimum absolute atomic E-state index is 0.213. The number of alkyl halides is 34. The molecule has 0 aliphatic heterocycles. The van der Waals surface area contributed by atoms with Crippen LogP contribution in [0.2, 0.25) is 0 Å². The molecule has 0 heterocycles. The first-order chi connectivity index (χ1) is 26.5. The van der Waals surface area contributed by atoms with Crippen molar-refractivity contribution in [2.24, 2.45) is 0 Å². The van der Waals surface area contributed by atoms with E-state index >= 15 is 17.6 Å². The Balaban J connectivity index is 4.48. The molecule has 0 spiro atoms. The largest absolute Gasteiger partial charge is 0.495 e. The number of methoxy groups -OCH3 is 2. The molecule has 0 saturated carbocycles. The van der Waals surface area contributed by atoms with Crippen molar-refractivity contribution in [1.29, 1.82) is 0 Å². The highest BCUT2D eigenvalue weighted by molar-refractivity contribution is 5.93. The Hall–Kier alpha value is -3.89. The summed E-state index contributed by atoms with van der Waals surface area (Å²) in [4.78, 5) is 12.0. The van der Waals surface area contributed by atoms with Crippen molar-refractivity contribution in [1.82, 2.24) is 0 Å². The number of carbonyl (C=O) groups is 1. The van der Waals surface area contributed by atoms with Gasteiger partial charge in [0.1, 0.15) is 11.3 Å². The number of esters is 1. The molecule has 0 aromatic heterocycles. The molecule has 0 fully saturated rings. The molecule has 0 N–H and O–H groups in total. The minimum Gasteiger partial charge on any atom is -0.495 e. The van der Waals surface area contributed by atoms with E-state index in [4.69, 9.17) is 0 Å². The first-order valence-electron chi connectivity index (χ1n) is 13.8. The lowest BCUT2D eigenvalue weighted by molar-refractivity contribution is -0.463. The third-order valence-electron chi connectivity index (χ3n) is 7.84. The van der Waals surface area contributed by atoms with E-state index < -0.39 is 143 Å². The van der Waals surface area contributed by atoms with Gasteiger partial charge in [-0.3, -0.25) is 0 Å². The van der Waals surface area contributed by atoms with E-state index in [0.29, 0.717) is 0 Å². The zero-order valence-corrected chi connectivity index (χ0v) is 27.7. The Morgan fingerprint density at radius 2 is 0.597 bits per heavy atom. The molecule has 0 saturated heterocycles. The van der Waals surface area contributed by atoms with Gasteiger partial charge in [-0.1, -0.05) is 0 Å². The van der Waals surface area contributed by atoms with Crippen LogP contribution in [0.3, 0.4) is 0 Å². The predicted molar refractivity (Wildman–Crippen MR) is 124 cm³/mol. The van der Waals surface area contributed by atoms with E-state index in [1.54, 1.807) is 0 Å². The van der Waals surface area contributed by atoms with Crippen molar-refractivity contribution in [3.8, 4) is 5.75 Å². The highest BCUT2D eigenvalue weighted by Gasteiger charge is 2.97. The number of hydrogen-bond acceptors (Lipinski definition) is 3. The van der Waals surface area contributed by atoms with Crippen LogP contribution >= 0.6 is 0 Å². The van der Waals surface area contributed by atoms with Crippen molar-refractivity contribution in [3.63, 3.8) is 0 Å². The lowest BCUT2D eigenvalue weighted by atomic mass is 9.84. The van der Waals surface area contributed by atoms with E-state index in [2.05, 4.69) is 9.47 Å². The average Bonchev–Trinajstić information content (AvgIpc) is 3.08. The summed E-state index contributed by atoms with van der Waals surface area (Å²) in [6.07, 6.45) is -16.5. The average molecular weight is 1000 g/mol. The zero-order valence-electron chi connectivity index (χ0n) is 27.7. The number of hydrogen-bond donors (Lipinski definition) is 0. The van der Waals surface area contributed by atoms with Gasteiger partial charge in [0.25, 0.3) is 0 Å². The van der Waals surface area contributed by atoms with Gasteiger partial charge in [0, 0.05) is 5.56 Å². The Labute approximate surface area is 314 Å². The first kappa shape index (κ1) is 56.1. The summed E-state index contributed by atoms with van der Waals surface area (Å²) >= 11 is 0. The summed E-state index contributed by atoms with van der Waals surface area (Å²) in [5.41, 5.74) is -11.6. The van der Waals surface area contributed by atoms with Crippen LogP contribution in [0.1, 0.15) is 21.5 Å². The summed E-state index contributed by atoms with van der Waals surface area (Å²) < 4.78 is 477. The summed E-state index contributed by atoms with van der Waals surface area (Å²) in [6.45, 7) is 0. The van der Waals surface area contributed by atoms with Gasteiger partial charge in [-0.25, -0.2) is 4.79 Å². The van der Waals surface area contributed by atoms with Crippen LogP contribution in [0, 0.1) is 0 Å². The van der Waals surface area contributed by atoms with Gasteiger partial charge in [0.2, 0.25) is 0 Å². The molecule has 0 atom stereocenters. The molecule has 1 aromatic carbocycles. The minimum atomic E-state index is -9.50. The fourth-order valence-electron chi connectivity index (χ4n) is 4.20. The second-order valence-electron chi connectivity index (χ2n) is 11.6. The molecule has 0 aliphatic rings. The zero-order chi connectivity index (χ0) is 50.7. The van der Waals surface area contributed by atoms with Gasteiger partial charge in [-0.15, -0.1) is 0 Å². The van der Waals surface area contributed by atoms with Crippen LogP contribution in [0.4, 0.5) is 149 Å². The topological polar surface area (TPSA) is 35.5 Å². The molecule has 0 unspecified atom stereocenters. The molecule has 364 valence electrons. The van der Waals surface area contributed by atoms with Crippen molar-refractivity contribution in [2.75, 3.05) is 14.2 Å². The lowest BCUT2D eigenvalue weighted by Gasteiger charge is -2.43. The quantitative estimate of drug-likeness (QED) is 0.122. The van der Waals surface area contributed by atoms with Gasteiger partial charge in [-0.05, 0) is 12.1 Å². The van der Waals surface area contributed by atoms with Crippen LogP contribution in [0.25, 0.3) is 0 Å². The third kappa shape index (κ3) is 6.82. The van der Waals surface area contributed by atoms with Gasteiger partial charge >= 0.3 is 101 Å². The highest BCUT2D eigenvalue weighted by Crippen LogP contribution is 2.68. The Bertz CT molecular complexity index is 1830. The molecular weight excluding hydrogens is 994 g/mol. The molecule has 3 nitrogen and oxygen atoms in total. The molecule has 0 radical (unpaired) electrons. The SMILES string of the molecule is COC(=O)c1cc(C(F)(F)C(F)(F)C(F)(F)C(F)(F)C(F)(F)C(F)(F)C(F)(F)C(F)(F)F)cc(C(F)(F)C(F)(F)C(F)(F)C(F)(F)C(F)(F)C(F)(F)C(F)(F)C(F)(F)F)c1OC. The first-order valence-corrected chi connectivity index (χ1v) is 13.8. The molecule has 0 amide bonds. The fraction of sp³-hybridized carbons (Fsp3) is 0.720. The van der Waals surface area contributed by atoms with Crippen molar-refractivity contribution >= 4 is 5.97 Å². The van der Waals surface area contributed by atoms with E-state index in [1.807, 2.05) is 0 Å². The molecule has 0 bridgehead atoms. The standard InChI is InChI=1S/C25H8F34O3/c1-61-8-6(9(60)62-2)3-5(10(26,27)12(30,31)14(34,35)16(38,39)18(42,43)20(46,47)22(50,51)24(54,55)56)4-7(8)11(28,29)13(32,33)15(36,37)17(40,41)19(44,45)21(48,49)23(52,53)25(57,58)59/h3-4H,1-2H3. The normalized spacial score (nSPS) is 16.1. The van der Waals surface area contributed by atoms with Crippen LogP contribution in [-0.2, 0) is 16.6 Å². The molecule has 1 rings (SSSR count). The Kier molecular flexibility index (Phi) is 13.2. The maximum atomic E-state index is 15.2. The molecule has 62 heavy (non-hydrogen) atoms. The van der Waals surface area contributed by atoms with E-state index in [1.165, 1.54) is 0 Å². The van der Waals surface area contributed by atoms with Crippen LogP contribution in [-0.4, -0.2) is 104 Å². The van der Waals surface area contributed by atoms with Gasteiger partial charge in [0.15, 0.2) is 0 Å².